The number of anilines is 1. The summed E-state index contributed by atoms with van der Waals surface area (Å²) in [5.41, 5.74) is 1.84. The monoisotopic (exact) mass is 493 g/mol. The maximum absolute atomic E-state index is 13.8. The number of carbonyl (C=O) groups is 3. The van der Waals surface area contributed by atoms with Gasteiger partial charge in [0, 0.05) is 18.3 Å². The number of hydrogen-bond acceptors (Lipinski definition) is 4. The summed E-state index contributed by atoms with van der Waals surface area (Å²) in [4.78, 5) is 42.8. The van der Waals surface area contributed by atoms with Gasteiger partial charge in [0.15, 0.2) is 0 Å². The number of hydrogen-bond donors (Lipinski definition) is 2. The van der Waals surface area contributed by atoms with Gasteiger partial charge in [-0.2, -0.15) is 0 Å². The highest BCUT2D eigenvalue weighted by Crippen LogP contribution is 2.55. The first-order valence-electron chi connectivity index (χ1n) is 13.5. The minimum Gasteiger partial charge on any atom is -0.359 e. The summed E-state index contributed by atoms with van der Waals surface area (Å²) in [5, 5.41) is 6.30. The van der Waals surface area contributed by atoms with E-state index in [1.807, 2.05) is 51.1 Å². The zero-order chi connectivity index (χ0) is 25.8. The maximum Gasteiger partial charge on any atom is 0.246 e. The van der Waals surface area contributed by atoms with Crippen molar-refractivity contribution in [3.8, 4) is 0 Å². The Labute approximate surface area is 214 Å². The number of benzene rings is 1. The number of nitrogens with zero attached hydrogens (tertiary/aromatic N) is 1. The van der Waals surface area contributed by atoms with E-state index in [0.29, 0.717) is 24.1 Å². The SMILES string of the molecule is CCCN1C(=O)[C@@H]2[C@H](C(=O)Nc3ccc(C)c(C)c3)[C@@H]3C=C[C@@]2(O3)[C@@H]1C(=O)N[C@@H]1CCC[C@@H](C)[C@H]1C. The molecule has 3 aliphatic heterocycles. The fraction of sp³-hybridized carbons (Fsp3) is 0.621. The van der Waals surface area contributed by atoms with Gasteiger partial charge in [-0.15, -0.1) is 0 Å². The van der Waals surface area contributed by atoms with Crippen LogP contribution in [0.2, 0.25) is 0 Å². The standard InChI is InChI=1S/C29H39N3O4/c1-6-14-32-25(27(34)31-21-9-7-8-17(3)19(21)5)29-13-12-22(36-29)23(24(29)28(32)35)26(33)30-20-11-10-16(2)18(4)15-20/h10-13,15,17,19,21-25H,6-9,14H2,1-5H3,(H,30,33)(H,31,34)/t17-,19-,21-,22+,23-,24+,25+,29+/m1/s1. The molecule has 3 heterocycles. The third-order valence-corrected chi connectivity index (χ3v) is 9.20. The van der Waals surface area contributed by atoms with E-state index in [2.05, 4.69) is 24.5 Å². The first-order valence-corrected chi connectivity index (χ1v) is 13.5. The molecule has 3 fully saturated rings. The van der Waals surface area contributed by atoms with Gasteiger partial charge in [-0.3, -0.25) is 14.4 Å². The van der Waals surface area contributed by atoms with E-state index in [9.17, 15) is 14.4 Å². The van der Waals surface area contributed by atoms with Crippen LogP contribution in [-0.2, 0) is 19.1 Å². The predicted molar refractivity (Wildman–Crippen MR) is 138 cm³/mol. The van der Waals surface area contributed by atoms with E-state index in [4.69, 9.17) is 4.74 Å². The van der Waals surface area contributed by atoms with Crippen molar-refractivity contribution in [1.82, 2.24) is 10.2 Å². The Balaban J connectivity index is 1.42. The zero-order valence-corrected chi connectivity index (χ0v) is 22.0. The second kappa shape index (κ2) is 9.33. The molecule has 194 valence electrons. The van der Waals surface area contributed by atoms with Crippen LogP contribution in [-0.4, -0.2) is 53.0 Å². The van der Waals surface area contributed by atoms with E-state index in [1.165, 1.54) is 6.42 Å². The third-order valence-electron chi connectivity index (χ3n) is 9.20. The quantitative estimate of drug-likeness (QED) is 0.591. The number of rotatable bonds is 6. The van der Waals surface area contributed by atoms with Crippen molar-refractivity contribution in [2.24, 2.45) is 23.7 Å². The van der Waals surface area contributed by atoms with Crippen molar-refractivity contribution in [2.45, 2.75) is 84.1 Å². The topological polar surface area (TPSA) is 87.7 Å². The van der Waals surface area contributed by atoms with Crippen molar-refractivity contribution >= 4 is 23.4 Å². The van der Waals surface area contributed by atoms with Gasteiger partial charge >= 0.3 is 0 Å². The lowest BCUT2D eigenvalue weighted by Gasteiger charge is -2.38. The molecule has 1 saturated carbocycles. The highest BCUT2D eigenvalue weighted by molar-refractivity contribution is 6.02. The Morgan fingerprint density at radius 3 is 2.64 bits per heavy atom. The highest BCUT2D eigenvalue weighted by atomic mass is 16.5. The fourth-order valence-corrected chi connectivity index (χ4v) is 6.84. The molecule has 7 nitrogen and oxygen atoms in total. The van der Waals surface area contributed by atoms with Crippen LogP contribution in [0, 0.1) is 37.5 Å². The number of nitrogens with one attached hydrogen (secondary N) is 2. The van der Waals surface area contributed by atoms with Crippen molar-refractivity contribution in [1.29, 1.82) is 0 Å². The van der Waals surface area contributed by atoms with Crippen LogP contribution in [0.3, 0.4) is 0 Å². The van der Waals surface area contributed by atoms with Gasteiger partial charge in [-0.1, -0.05) is 51.8 Å². The van der Waals surface area contributed by atoms with Crippen molar-refractivity contribution in [3.05, 3.63) is 41.5 Å². The second-order valence-corrected chi connectivity index (χ2v) is 11.4. The number of carbonyl (C=O) groups excluding carboxylic acids is 3. The minimum absolute atomic E-state index is 0.0849. The van der Waals surface area contributed by atoms with Gasteiger partial charge in [0.1, 0.15) is 11.6 Å². The molecule has 2 N–H and O–H groups in total. The lowest BCUT2D eigenvalue weighted by Crippen LogP contribution is -2.57. The van der Waals surface area contributed by atoms with E-state index < -0.39 is 29.6 Å². The Morgan fingerprint density at radius 1 is 1.14 bits per heavy atom. The van der Waals surface area contributed by atoms with Gasteiger partial charge in [-0.25, -0.2) is 0 Å². The van der Waals surface area contributed by atoms with E-state index in [1.54, 1.807) is 4.90 Å². The average molecular weight is 494 g/mol. The molecular formula is C29H39N3O4. The van der Waals surface area contributed by atoms with Crippen LogP contribution in [0.15, 0.2) is 30.4 Å². The van der Waals surface area contributed by atoms with Crippen molar-refractivity contribution in [2.75, 3.05) is 11.9 Å². The summed E-state index contributed by atoms with van der Waals surface area (Å²) >= 11 is 0. The Bertz CT molecular complexity index is 1100. The van der Waals surface area contributed by atoms with E-state index >= 15 is 0 Å². The lowest BCUT2D eigenvalue weighted by molar-refractivity contribution is -0.141. The molecule has 1 spiro atoms. The summed E-state index contributed by atoms with van der Waals surface area (Å²) in [6.45, 7) is 10.9. The molecule has 1 aliphatic carbocycles. The maximum atomic E-state index is 13.8. The van der Waals surface area contributed by atoms with E-state index in [0.717, 1.165) is 30.4 Å². The van der Waals surface area contributed by atoms with Gasteiger partial charge in [0.25, 0.3) is 0 Å². The molecule has 0 aromatic heterocycles. The summed E-state index contributed by atoms with van der Waals surface area (Å²) < 4.78 is 6.42. The number of ether oxygens (including phenoxy) is 1. The van der Waals surface area contributed by atoms with Crippen molar-refractivity contribution in [3.63, 3.8) is 0 Å². The van der Waals surface area contributed by atoms with Crippen LogP contribution < -0.4 is 10.6 Å². The molecule has 8 atom stereocenters. The highest BCUT2D eigenvalue weighted by Gasteiger charge is 2.72. The lowest BCUT2D eigenvalue weighted by atomic mass is 9.73. The van der Waals surface area contributed by atoms with Crippen LogP contribution in [0.5, 0.6) is 0 Å². The molecule has 0 radical (unpaired) electrons. The van der Waals surface area contributed by atoms with Crippen LogP contribution in [0.1, 0.15) is 57.6 Å². The molecular weight excluding hydrogens is 454 g/mol. The third kappa shape index (κ3) is 3.87. The van der Waals surface area contributed by atoms with Crippen molar-refractivity contribution < 1.29 is 19.1 Å². The average Bonchev–Trinajstić information content (AvgIpc) is 3.47. The van der Waals surface area contributed by atoms with Crippen LogP contribution in [0.4, 0.5) is 5.69 Å². The smallest absolute Gasteiger partial charge is 0.246 e. The molecule has 7 heteroatoms. The summed E-state index contributed by atoms with van der Waals surface area (Å²) in [7, 11) is 0. The van der Waals surface area contributed by atoms with Gasteiger partial charge < -0.3 is 20.3 Å². The minimum atomic E-state index is -1.10. The number of amides is 3. The molecule has 1 aromatic rings. The Morgan fingerprint density at radius 2 is 1.92 bits per heavy atom. The molecule has 2 bridgehead atoms. The Hall–Kier alpha value is -2.67. The zero-order valence-electron chi connectivity index (χ0n) is 22.0. The largest absolute Gasteiger partial charge is 0.359 e. The summed E-state index contributed by atoms with van der Waals surface area (Å²) in [6.07, 6.45) is 7.17. The van der Waals surface area contributed by atoms with Crippen LogP contribution >= 0.6 is 0 Å². The number of likely N-dealkylation sites (tertiary alicyclic amines) is 1. The fourth-order valence-electron chi connectivity index (χ4n) is 6.84. The predicted octanol–water partition coefficient (Wildman–Crippen LogP) is 3.74. The van der Waals surface area contributed by atoms with Crippen LogP contribution in [0.25, 0.3) is 0 Å². The molecule has 36 heavy (non-hydrogen) atoms. The first-order chi connectivity index (χ1) is 17.2. The molecule has 0 unspecified atom stereocenters. The number of aryl methyl sites for hydroxylation is 2. The van der Waals surface area contributed by atoms with E-state index in [-0.39, 0.29) is 23.8 Å². The molecule has 3 amide bonds. The van der Waals surface area contributed by atoms with Gasteiger partial charge in [-0.05, 0) is 61.8 Å². The van der Waals surface area contributed by atoms with Gasteiger partial charge in [0.2, 0.25) is 17.7 Å². The molecule has 4 aliphatic rings. The molecule has 1 aromatic carbocycles. The summed E-state index contributed by atoms with van der Waals surface area (Å²) in [6, 6.07) is 5.11. The first kappa shape index (κ1) is 25.0. The number of fused-ring (bicyclic) bond motifs is 1. The molecule has 2 saturated heterocycles. The Kier molecular flexibility index (Phi) is 6.48. The second-order valence-electron chi connectivity index (χ2n) is 11.4. The molecule has 5 rings (SSSR count). The van der Waals surface area contributed by atoms with Gasteiger partial charge in [0.05, 0.1) is 17.9 Å². The summed E-state index contributed by atoms with van der Waals surface area (Å²) in [5.74, 6) is -1.01. The normalized spacial score (nSPS) is 36.8.